The van der Waals surface area contributed by atoms with Gasteiger partial charge in [0.1, 0.15) is 0 Å². The molecule has 0 aliphatic heterocycles. The van der Waals surface area contributed by atoms with E-state index in [1.165, 1.54) is 0 Å². The molecule has 0 bridgehead atoms. The second-order valence-electron chi connectivity index (χ2n) is 1.58. The molecule has 0 unspecified atom stereocenters. The molecule has 0 saturated heterocycles. The van der Waals surface area contributed by atoms with Crippen LogP contribution in [0.2, 0.25) is 0 Å². The Morgan fingerprint density at radius 1 is 1.50 bits per heavy atom. The fourth-order valence-corrected chi connectivity index (χ4v) is 0.577. The predicted octanol–water partition coefficient (Wildman–Crippen LogP) is 2.04. The molecule has 1 aromatic rings. The van der Waals surface area contributed by atoms with Gasteiger partial charge < -0.3 is 4.74 Å². The van der Waals surface area contributed by atoms with Crippen molar-refractivity contribution >= 4 is 0 Å². The average molecular weight is 171 g/mol. The van der Waals surface area contributed by atoms with Crippen LogP contribution in [0.4, 0.5) is 0 Å². The molecule has 0 saturated carbocycles. The third kappa shape index (κ3) is 2.95. The van der Waals surface area contributed by atoms with Gasteiger partial charge in [-0.05, 0) is 5.75 Å². The fourth-order valence-electron chi connectivity index (χ4n) is 0.577. The Bertz CT molecular complexity index is 162. The van der Waals surface area contributed by atoms with Crippen LogP contribution >= 0.6 is 0 Å². The topological polar surface area (TPSA) is 9.23 Å². The molecule has 0 spiro atoms. The third-order valence-electron chi connectivity index (χ3n) is 0.925. The summed E-state index contributed by atoms with van der Waals surface area (Å²) in [4.78, 5) is 0. The molecule has 0 atom stereocenters. The summed E-state index contributed by atoms with van der Waals surface area (Å²) in [6, 6.07) is 10.4. The molecule has 0 aliphatic rings. The maximum Gasteiger partial charge on any atom is 2.00 e. The van der Waals surface area contributed by atoms with E-state index in [2.05, 4.69) is 6.07 Å². The molecule has 0 fully saturated rings. The van der Waals surface area contributed by atoms with Crippen LogP contribution in [0, 0.1) is 12.7 Å². The van der Waals surface area contributed by atoms with E-state index in [4.69, 9.17) is 4.74 Å². The zero-order chi connectivity index (χ0) is 6.53. The molecule has 2 heteroatoms. The number of para-hydroxylation sites is 1. The van der Waals surface area contributed by atoms with Crippen molar-refractivity contribution in [2.45, 2.75) is 6.92 Å². The largest absolute Gasteiger partial charge is 2.00 e. The smallest absolute Gasteiger partial charge is 0.680 e. The van der Waals surface area contributed by atoms with Gasteiger partial charge in [-0.25, -0.2) is 0 Å². The Kier molecular flexibility index (Phi) is 5.18. The molecule has 0 N–H and O–H groups in total. The van der Waals surface area contributed by atoms with Crippen molar-refractivity contribution in [1.29, 1.82) is 0 Å². The van der Waals surface area contributed by atoms with Crippen molar-refractivity contribution in [3.05, 3.63) is 36.9 Å². The summed E-state index contributed by atoms with van der Waals surface area (Å²) < 4.78 is 5.03. The van der Waals surface area contributed by atoms with Crippen molar-refractivity contribution in [2.75, 3.05) is 0 Å². The number of benzene rings is 1. The summed E-state index contributed by atoms with van der Waals surface area (Å²) in [5, 5.41) is 0. The average Bonchev–Trinajstić information content (AvgIpc) is 1.91. The molecular formula is C8H8OV. The molecular weight excluding hydrogens is 163 g/mol. The second kappa shape index (κ2) is 5.39. The molecule has 1 rings (SSSR count). The van der Waals surface area contributed by atoms with Gasteiger partial charge in [0.05, 0.1) is 0 Å². The molecule has 1 nitrogen and oxygen atoms in total. The van der Waals surface area contributed by atoms with Gasteiger partial charge in [-0.1, -0.05) is 0 Å². The van der Waals surface area contributed by atoms with E-state index in [-0.39, 0.29) is 18.6 Å². The maximum atomic E-state index is 5.03. The molecule has 0 aromatic heterocycles. The van der Waals surface area contributed by atoms with Gasteiger partial charge in [0.15, 0.2) is 0 Å². The van der Waals surface area contributed by atoms with Crippen molar-refractivity contribution in [1.82, 2.24) is 0 Å². The standard InChI is InChI=1S/C8H8O.V/c1-2-9-8-6-4-3-5-7-8;/h2-6H,1H3;/q-2;+2. The van der Waals surface area contributed by atoms with Crippen molar-refractivity contribution in [3.63, 3.8) is 0 Å². The Morgan fingerprint density at radius 3 is 2.80 bits per heavy atom. The van der Waals surface area contributed by atoms with E-state index in [1.54, 1.807) is 6.61 Å². The zero-order valence-electron chi connectivity index (χ0n) is 5.74. The van der Waals surface area contributed by atoms with Gasteiger partial charge in [0, 0.05) is 0 Å². The van der Waals surface area contributed by atoms with Gasteiger partial charge in [-0.3, -0.25) is 0 Å². The van der Waals surface area contributed by atoms with Crippen LogP contribution < -0.4 is 4.74 Å². The Labute approximate surface area is 73.3 Å². The number of hydrogen-bond donors (Lipinski definition) is 0. The molecule has 0 heterocycles. The first-order chi connectivity index (χ1) is 4.43. The molecule has 1 radical (unpaired) electrons. The predicted molar refractivity (Wildman–Crippen MR) is 35.9 cm³/mol. The minimum absolute atomic E-state index is 0. The quantitative estimate of drug-likeness (QED) is 0.618. The molecule has 0 aliphatic carbocycles. The van der Waals surface area contributed by atoms with Gasteiger partial charge in [0.25, 0.3) is 0 Å². The van der Waals surface area contributed by atoms with Crippen LogP contribution in [0.15, 0.2) is 24.3 Å². The first-order valence-corrected chi connectivity index (χ1v) is 2.84. The second-order valence-corrected chi connectivity index (χ2v) is 1.58. The molecule has 1 aromatic carbocycles. The van der Waals surface area contributed by atoms with Crippen molar-refractivity contribution < 1.29 is 23.3 Å². The monoisotopic (exact) mass is 171 g/mol. The van der Waals surface area contributed by atoms with Crippen LogP contribution in [-0.2, 0) is 18.6 Å². The minimum Gasteiger partial charge on any atom is -0.680 e. The van der Waals surface area contributed by atoms with E-state index in [0.29, 0.717) is 0 Å². The fraction of sp³-hybridized carbons (Fsp3) is 0.125. The normalized spacial score (nSPS) is 8.10. The maximum absolute atomic E-state index is 5.03. The molecule has 10 heavy (non-hydrogen) atoms. The van der Waals surface area contributed by atoms with E-state index in [0.717, 1.165) is 5.75 Å². The first kappa shape index (κ1) is 9.60. The minimum atomic E-state index is 0. The summed E-state index contributed by atoms with van der Waals surface area (Å²) in [5.74, 6) is 0.764. The SMILES string of the molecule is C[CH-]Oc1[c-]cccc1.[V+2]. The Morgan fingerprint density at radius 2 is 2.30 bits per heavy atom. The van der Waals surface area contributed by atoms with Crippen LogP contribution in [-0.4, -0.2) is 0 Å². The van der Waals surface area contributed by atoms with Gasteiger partial charge in [-0.2, -0.15) is 31.7 Å². The summed E-state index contributed by atoms with van der Waals surface area (Å²) >= 11 is 0. The van der Waals surface area contributed by atoms with Gasteiger partial charge >= 0.3 is 18.6 Å². The van der Waals surface area contributed by atoms with Crippen LogP contribution in [0.5, 0.6) is 5.75 Å². The first-order valence-electron chi connectivity index (χ1n) is 2.84. The zero-order valence-corrected chi connectivity index (χ0v) is 7.14. The van der Waals surface area contributed by atoms with Crippen molar-refractivity contribution in [3.8, 4) is 5.75 Å². The van der Waals surface area contributed by atoms with Crippen LogP contribution in [0.3, 0.4) is 0 Å². The summed E-state index contributed by atoms with van der Waals surface area (Å²) in [5.41, 5.74) is 0. The third-order valence-corrected chi connectivity index (χ3v) is 0.925. The van der Waals surface area contributed by atoms with E-state index < -0.39 is 0 Å². The van der Waals surface area contributed by atoms with E-state index in [9.17, 15) is 0 Å². The van der Waals surface area contributed by atoms with Gasteiger partial charge in [0.2, 0.25) is 0 Å². The number of hydrogen-bond acceptors (Lipinski definition) is 1. The summed E-state index contributed by atoms with van der Waals surface area (Å²) in [6.07, 6.45) is 0. The molecule has 51 valence electrons. The Balaban J connectivity index is 0.000000810. The molecule has 0 amide bonds. The van der Waals surface area contributed by atoms with Gasteiger partial charge in [-0.15, -0.1) is 12.1 Å². The van der Waals surface area contributed by atoms with E-state index >= 15 is 0 Å². The van der Waals surface area contributed by atoms with E-state index in [1.807, 2.05) is 31.2 Å². The number of rotatable bonds is 2. The van der Waals surface area contributed by atoms with Crippen molar-refractivity contribution in [2.24, 2.45) is 0 Å². The summed E-state index contributed by atoms with van der Waals surface area (Å²) in [7, 11) is 0. The summed E-state index contributed by atoms with van der Waals surface area (Å²) in [6.45, 7) is 3.46. The number of ether oxygens (including phenoxy) is 1. The van der Waals surface area contributed by atoms with Crippen LogP contribution in [0.25, 0.3) is 0 Å². The Hall–Kier alpha value is -0.396. The van der Waals surface area contributed by atoms with Crippen LogP contribution in [0.1, 0.15) is 6.92 Å².